The first-order valence-corrected chi connectivity index (χ1v) is 12.0. The lowest BCUT2D eigenvalue weighted by molar-refractivity contribution is 0.0737. The third-order valence-corrected chi connectivity index (χ3v) is 7.19. The quantitative estimate of drug-likeness (QED) is 0.662. The smallest absolute Gasteiger partial charge is 0.264 e. The summed E-state index contributed by atoms with van der Waals surface area (Å²) < 4.78 is 0. The Morgan fingerprint density at radius 2 is 2.12 bits per heavy atom. The van der Waals surface area contributed by atoms with Crippen LogP contribution in [0.5, 0.6) is 0 Å². The zero-order chi connectivity index (χ0) is 22.1. The van der Waals surface area contributed by atoms with Crippen molar-refractivity contribution in [1.29, 1.82) is 0 Å². The summed E-state index contributed by atoms with van der Waals surface area (Å²) in [4.78, 5) is 43.0. The van der Waals surface area contributed by atoms with Gasteiger partial charge in [-0.1, -0.05) is 12.1 Å². The van der Waals surface area contributed by atoms with Crippen LogP contribution in [0.4, 0.5) is 0 Å². The molecule has 0 spiro atoms. The molecule has 5 rings (SSSR count). The zero-order valence-corrected chi connectivity index (χ0v) is 19.0. The van der Waals surface area contributed by atoms with Crippen molar-refractivity contribution in [3.8, 4) is 0 Å². The summed E-state index contributed by atoms with van der Waals surface area (Å²) in [6.45, 7) is 5.63. The molecular weight excluding hydrogens is 422 g/mol. The summed E-state index contributed by atoms with van der Waals surface area (Å²) in [5.74, 6) is 0.979. The van der Waals surface area contributed by atoms with Crippen LogP contribution in [0.2, 0.25) is 0 Å². The van der Waals surface area contributed by atoms with Crippen LogP contribution in [0, 0.1) is 6.92 Å². The molecule has 0 saturated carbocycles. The van der Waals surface area contributed by atoms with Gasteiger partial charge < -0.3 is 9.88 Å². The van der Waals surface area contributed by atoms with Crippen LogP contribution in [0.15, 0.2) is 40.5 Å². The molecule has 3 aromatic heterocycles. The van der Waals surface area contributed by atoms with E-state index < -0.39 is 0 Å². The fourth-order valence-electron chi connectivity index (χ4n) is 4.71. The summed E-state index contributed by atoms with van der Waals surface area (Å²) in [7, 11) is 0. The predicted molar refractivity (Wildman–Crippen MR) is 124 cm³/mol. The van der Waals surface area contributed by atoms with E-state index in [1.807, 2.05) is 36.6 Å². The Kier molecular flexibility index (Phi) is 5.89. The molecule has 7 nitrogen and oxygen atoms in total. The van der Waals surface area contributed by atoms with Crippen molar-refractivity contribution in [2.75, 3.05) is 19.6 Å². The number of thiophene rings is 1. The van der Waals surface area contributed by atoms with E-state index in [-0.39, 0.29) is 17.4 Å². The van der Waals surface area contributed by atoms with Crippen molar-refractivity contribution < 1.29 is 4.79 Å². The maximum Gasteiger partial charge on any atom is 0.264 e. The second-order valence-electron chi connectivity index (χ2n) is 8.67. The van der Waals surface area contributed by atoms with E-state index in [4.69, 9.17) is 4.98 Å². The minimum absolute atomic E-state index is 0.0122. The Morgan fingerprint density at radius 1 is 1.22 bits per heavy atom. The van der Waals surface area contributed by atoms with E-state index in [0.717, 1.165) is 55.4 Å². The van der Waals surface area contributed by atoms with Gasteiger partial charge in [-0.05, 0) is 49.9 Å². The summed E-state index contributed by atoms with van der Waals surface area (Å²) in [5.41, 5.74) is 3.47. The number of likely N-dealkylation sites (tertiary alicyclic amines) is 1. The number of amides is 1. The molecule has 5 heterocycles. The predicted octanol–water partition coefficient (Wildman–Crippen LogP) is 3.11. The van der Waals surface area contributed by atoms with Crippen LogP contribution in [0.3, 0.4) is 0 Å². The van der Waals surface area contributed by atoms with Crippen molar-refractivity contribution in [3.05, 3.63) is 79.4 Å². The molecule has 2 aliphatic rings. The highest BCUT2D eigenvalue weighted by atomic mass is 32.1. The molecule has 1 fully saturated rings. The summed E-state index contributed by atoms with van der Waals surface area (Å²) >= 11 is 1.43. The molecule has 166 valence electrons. The molecule has 32 heavy (non-hydrogen) atoms. The zero-order valence-electron chi connectivity index (χ0n) is 18.2. The van der Waals surface area contributed by atoms with Crippen LogP contribution in [-0.2, 0) is 19.5 Å². The summed E-state index contributed by atoms with van der Waals surface area (Å²) in [6.07, 6.45) is 2.70. The first kappa shape index (κ1) is 21.0. The summed E-state index contributed by atoms with van der Waals surface area (Å²) in [5, 5.41) is 1.90. The van der Waals surface area contributed by atoms with Gasteiger partial charge in [-0.25, -0.2) is 4.98 Å². The number of aromatic amines is 1. The van der Waals surface area contributed by atoms with E-state index in [1.54, 1.807) is 4.90 Å². The van der Waals surface area contributed by atoms with Crippen LogP contribution in [-0.4, -0.2) is 50.3 Å². The topological polar surface area (TPSA) is 82.2 Å². The van der Waals surface area contributed by atoms with Crippen molar-refractivity contribution in [1.82, 2.24) is 24.8 Å². The molecule has 0 bridgehead atoms. The molecule has 1 amide bonds. The lowest BCUT2D eigenvalue weighted by atomic mass is 9.96. The van der Waals surface area contributed by atoms with Gasteiger partial charge in [0.25, 0.3) is 11.5 Å². The number of nitrogens with one attached hydrogen (secondary N) is 1. The van der Waals surface area contributed by atoms with Crippen molar-refractivity contribution in [2.45, 2.75) is 45.2 Å². The first-order valence-electron chi connectivity index (χ1n) is 11.2. The third kappa shape index (κ3) is 4.38. The fourth-order valence-corrected chi connectivity index (χ4v) is 5.40. The normalized spacial score (nSPS) is 19.0. The highest BCUT2D eigenvalue weighted by Gasteiger charge is 2.28. The SMILES string of the molecule is Cc1cccc(CN2CCC[C@H](c3nc4c(c(=O)[nH]3)CN(C(=O)c3cccs3)CC4)C2)n1. The van der Waals surface area contributed by atoms with Gasteiger partial charge >= 0.3 is 0 Å². The van der Waals surface area contributed by atoms with Crippen LogP contribution >= 0.6 is 11.3 Å². The van der Waals surface area contributed by atoms with Gasteiger partial charge in [0.1, 0.15) is 5.82 Å². The van der Waals surface area contributed by atoms with Crippen molar-refractivity contribution in [3.63, 3.8) is 0 Å². The molecule has 3 aromatic rings. The van der Waals surface area contributed by atoms with E-state index in [2.05, 4.69) is 20.9 Å². The number of aromatic nitrogens is 3. The Hall–Kier alpha value is -2.84. The van der Waals surface area contributed by atoms with E-state index >= 15 is 0 Å². The van der Waals surface area contributed by atoms with Crippen molar-refractivity contribution >= 4 is 17.2 Å². The minimum atomic E-state index is -0.105. The van der Waals surface area contributed by atoms with Gasteiger partial charge in [0.15, 0.2) is 0 Å². The van der Waals surface area contributed by atoms with Gasteiger partial charge in [-0.2, -0.15) is 0 Å². The number of nitrogens with zero attached hydrogens (tertiary/aromatic N) is 4. The lowest BCUT2D eigenvalue weighted by Crippen LogP contribution is -2.40. The first-order chi connectivity index (χ1) is 15.6. The van der Waals surface area contributed by atoms with Gasteiger partial charge in [0.05, 0.1) is 28.4 Å². The van der Waals surface area contributed by atoms with Crippen LogP contribution in [0.25, 0.3) is 0 Å². The minimum Gasteiger partial charge on any atom is -0.333 e. The molecule has 1 atom stereocenters. The highest BCUT2D eigenvalue weighted by Crippen LogP contribution is 2.26. The number of hydrogen-bond donors (Lipinski definition) is 1. The van der Waals surface area contributed by atoms with Gasteiger partial charge in [-0.15, -0.1) is 11.3 Å². The molecule has 0 aromatic carbocycles. The number of H-pyrrole nitrogens is 1. The molecule has 0 unspecified atom stereocenters. The molecular formula is C24H27N5O2S. The van der Waals surface area contributed by atoms with Gasteiger partial charge in [0, 0.05) is 37.7 Å². The highest BCUT2D eigenvalue weighted by molar-refractivity contribution is 7.12. The lowest BCUT2D eigenvalue weighted by Gasteiger charge is -2.33. The number of carbonyl (C=O) groups is 1. The molecule has 0 aliphatic carbocycles. The Balaban J connectivity index is 1.31. The fraction of sp³-hybridized carbons (Fsp3) is 0.417. The maximum atomic E-state index is 12.9. The average Bonchev–Trinajstić information content (AvgIpc) is 3.34. The largest absolute Gasteiger partial charge is 0.333 e. The number of rotatable bonds is 4. The number of carbonyl (C=O) groups excluding carboxylic acids is 1. The van der Waals surface area contributed by atoms with Gasteiger partial charge in [-0.3, -0.25) is 19.5 Å². The number of pyridine rings is 1. The number of hydrogen-bond acceptors (Lipinski definition) is 6. The monoisotopic (exact) mass is 449 g/mol. The molecule has 8 heteroatoms. The van der Waals surface area contributed by atoms with Crippen molar-refractivity contribution in [2.24, 2.45) is 0 Å². The molecule has 2 aliphatic heterocycles. The van der Waals surface area contributed by atoms with E-state index in [9.17, 15) is 9.59 Å². The Labute approximate surface area is 191 Å². The van der Waals surface area contributed by atoms with Gasteiger partial charge in [0.2, 0.25) is 0 Å². The van der Waals surface area contributed by atoms with Crippen LogP contribution in [0.1, 0.15) is 56.9 Å². The molecule has 1 N–H and O–H groups in total. The number of piperidine rings is 1. The Bertz CT molecular complexity index is 1170. The number of fused-ring (bicyclic) bond motifs is 1. The molecule has 0 radical (unpaired) electrons. The maximum absolute atomic E-state index is 12.9. The average molecular weight is 450 g/mol. The number of aryl methyl sites for hydroxylation is 1. The second kappa shape index (κ2) is 8.96. The van der Waals surface area contributed by atoms with Crippen LogP contribution < -0.4 is 5.56 Å². The van der Waals surface area contributed by atoms with E-state index in [1.165, 1.54) is 11.3 Å². The Morgan fingerprint density at radius 3 is 2.94 bits per heavy atom. The molecule has 1 saturated heterocycles. The standard InChI is InChI=1S/C24H27N5O2S/c1-16-5-2-7-18(25-16)14-28-10-3-6-17(13-28)22-26-20-9-11-29(15-19(20)23(30)27-22)24(31)21-8-4-12-32-21/h2,4-5,7-8,12,17H,3,6,9-11,13-15H2,1H3,(H,26,27,30)/t17-/m0/s1. The second-order valence-corrected chi connectivity index (χ2v) is 9.62. The third-order valence-electron chi connectivity index (χ3n) is 6.33. The van der Waals surface area contributed by atoms with E-state index in [0.29, 0.717) is 30.0 Å². The summed E-state index contributed by atoms with van der Waals surface area (Å²) in [6, 6.07) is 9.83.